The SMILES string of the molecule is CC(C)c1ccc(CCC(=O)Nc2ccc(-c3n[nH]c(CN)n3)cc2)cc1. The number of carbonyl (C=O) groups is 1. The molecule has 0 atom stereocenters. The first-order valence-corrected chi connectivity index (χ1v) is 9.15. The van der Waals surface area contributed by atoms with Crippen LogP contribution in [0.1, 0.15) is 43.1 Å². The maximum atomic E-state index is 12.2. The second-order valence-electron chi connectivity index (χ2n) is 6.83. The number of hydrogen-bond donors (Lipinski definition) is 3. The number of anilines is 1. The monoisotopic (exact) mass is 363 g/mol. The number of H-pyrrole nitrogens is 1. The fourth-order valence-corrected chi connectivity index (χ4v) is 2.77. The minimum absolute atomic E-state index is 0.000927. The summed E-state index contributed by atoms with van der Waals surface area (Å²) in [6.07, 6.45) is 1.17. The van der Waals surface area contributed by atoms with Crippen LogP contribution in [0.3, 0.4) is 0 Å². The first kappa shape index (κ1) is 18.8. The van der Waals surface area contributed by atoms with Crippen molar-refractivity contribution < 1.29 is 4.79 Å². The Morgan fingerprint density at radius 3 is 2.41 bits per heavy atom. The molecule has 0 spiro atoms. The molecule has 27 heavy (non-hydrogen) atoms. The minimum Gasteiger partial charge on any atom is -0.326 e. The lowest BCUT2D eigenvalue weighted by atomic mass is 10.0. The van der Waals surface area contributed by atoms with Gasteiger partial charge in [0.1, 0.15) is 5.82 Å². The zero-order valence-corrected chi connectivity index (χ0v) is 15.7. The highest BCUT2D eigenvalue weighted by molar-refractivity contribution is 5.91. The molecule has 1 heterocycles. The molecule has 0 aliphatic rings. The summed E-state index contributed by atoms with van der Waals surface area (Å²) >= 11 is 0. The van der Waals surface area contributed by atoms with E-state index in [-0.39, 0.29) is 5.91 Å². The van der Waals surface area contributed by atoms with Crippen molar-refractivity contribution in [2.24, 2.45) is 5.73 Å². The molecule has 4 N–H and O–H groups in total. The molecule has 0 saturated carbocycles. The maximum absolute atomic E-state index is 12.2. The Labute approximate surface area is 159 Å². The molecule has 6 heteroatoms. The van der Waals surface area contributed by atoms with Crippen LogP contribution in [-0.4, -0.2) is 21.1 Å². The van der Waals surface area contributed by atoms with Gasteiger partial charge >= 0.3 is 0 Å². The van der Waals surface area contributed by atoms with Crippen molar-refractivity contribution in [1.29, 1.82) is 0 Å². The molecule has 0 aliphatic carbocycles. The number of rotatable bonds is 7. The topological polar surface area (TPSA) is 96.7 Å². The molecule has 0 radical (unpaired) electrons. The van der Waals surface area contributed by atoms with Gasteiger partial charge in [-0.1, -0.05) is 38.1 Å². The van der Waals surface area contributed by atoms with Gasteiger partial charge in [-0.15, -0.1) is 0 Å². The van der Waals surface area contributed by atoms with Crippen LogP contribution in [0.2, 0.25) is 0 Å². The number of hydrogen-bond acceptors (Lipinski definition) is 4. The predicted molar refractivity (Wildman–Crippen MR) is 107 cm³/mol. The summed E-state index contributed by atoms with van der Waals surface area (Å²) < 4.78 is 0. The van der Waals surface area contributed by atoms with Gasteiger partial charge in [0, 0.05) is 17.7 Å². The van der Waals surface area contributed by atoms with E-state index in [2.05, 4.69) is 58.6 Å². The largest absolute Gasteiger partial charge is 0.326 e. The average Bonchev–Trinajstić information content (AvgIpc) is 3.16. The van der Waals surface area contributed by atoms with Gasteiger partial charge in [0.05, 0.1) is 6.54 Å². The van der Waals surface area contributed by atoms with E-state index in [0.29, 0.717) is 30.5 Å². The lowest BCUT2D eigenvalue weighted by Crippen LogP contribution is -2.12. The van der Waals surface area contributed by atoms with Crippen molar-refractivity contribution in [2.75, 3.05) is 5.32 Å². The van der Waals surface area contributed by atoms with E-state index in [4.69, 9.17) is 5.73 Å². The molecule has 0 fully saturated rings. The van der Waals surface area contributed by atoms with Gasteiger partial charge < -0.3 is 11.1 Å². The van der Waals surface area contributed by atoms with Gasteiger partial charge in [-0.25, -0.2) is 4.98 Å². The zero-order chi connectivity index (χ0) is 19.2. The third-order valence-corrected chi connectivity index (χ3v) is 4.44. The number of aryl methyl sites for hydroxylation is 1. The normalized spacial score (nSPS) is 11.0. The van der Waals surface area contributed by atoms with Crippen molar-refractivity contribution in [1.82, 2.24) is 15.2 Å². The standard InChI is InChI=1S/C21H25N5O/c1-14(2)16-6-3-15(4-7-16)5-12-20(27)23-18-10-8-17(9-11-18)21-24-19(13-22)25-26-21/h3-4,6-11,14H,5,12-13,22H2,1-2H3,(H,23,27)(H,24,25,26). The number of aromatic amines is 1. The number of carbonyl (C=O) groups excluding carboxylic acids is 1. The molecule has 0 aliphatic heterocycles. The van der Waals surface area contributed by atoms with Crippen LogP contribution in [0, 0.1) is 0 Å². The Kier molecular flexibility index (Phi) is 5.98. The number of benzene rings is 2. The third kappa shape index (κ3) is 5.01. The van der Waals surface area contributed by atoms with E-state index in [0.717, 1.165) is 17.7 Å². The molecule has 0 saturated heterocycles. The highest BCUT2D eigenvalue weighted by atomic mass is 16.1. The van der Waals surface area contributed by atoms with Crippen molar-refractivity contribution >= 4 is 11.6 Å². The van der Waals surface area contributed by atoms with Crippen LogP contribution in [0.25, 0.3) is 11.4 Å². The zero-order valence-electron chi connectivity index (χ0n) is 15.7. The summed E-state index contributed by atoms with van der Waals surface area (Å²) in [6.45, 7) is 4.67. The van der Waals surface area contributed by atoms with Gasteiger partial charge in [0.2, 0.25) is 5.91 Å². The summed E-state index contributed by atoms with van der Waals surface area (Å²) in [5.74, 6) is 1.75. The number of amides is 1. The van der Waals surface area contributed by atoms with E-state index >= 15 is 0 Å². The first-order chi connectivity index (χ1) is 13.0. The van der Waals surface area contributed by atoms with Gasteiger partial charge in [-0.3, -0.25) is 9.89 Å². The number of nitrogens with two attached hydrogens (primary N) is 1. The maximum Gasteiger partial charge on any atom is 0.224 e. The summed E-state index contributed by atoms with van der Waals surface area (Å²) in [6, 6.07) is 15.9. The molecule has 1 aromatic heterocycles. The Bertz CT molecular complexity index is 882. The molecule has 0 bridgehead atoms. The Balaban J connectivity index is 1.53. The van der Waals surface area contributed by atoms with Crippen molar-refractivity contribution in [2.45, 2.75) is 39.2 Å². The smallest absolute Gasteiger partial charge is 0.224 e. The molecule has 3 rings (SSSR count). The molecule has 0 unspecified atom stereocenters. The molecular weight excluding hydrogens is 338 g/mol. The molecule has 2 aromatic carbocycles. The summed E-state index contributed by atoms with van der Waals surface area (Å²) in [4.78, 5) is 16.5. The van der Waals surface area contributed by atoms with Crippen molar-refractivity contribution in [3.8, 4) is 11.4 Å². The van der Waals surface area contributed by atoms with E-state index in [1.165, 1.54) is 11.1 Å². The van der Waals surface area contributed by atoms with Crippen LogP contribution >= 0.6 is 0 Å². The highest BCUT2D eigenvalue weighted by Crippen LogP contribution is 2.19. The van der Waals surface area contributed by atoms with Gasteiger partial charge in [0.15, 0.2) is 5.82 Å². The number of nitrogens with zero attached hydrogens (tertiary/aromatic N) is 2. The van der Waals surface area contributed by atoms with Crippen LogP contribution in [-0.2, 0) is 17.8 Å². The lowest BCUT2D eigenvalue weighted by Gasteiger charge is -2.08. The van der Waals surface area contributed by atoms with E-state index in [1.807, 2.05) is 24.3 Å². The quantitative estimate of drug-likeness (QED) is 0.597. The predicted octanol–water partition coefficient (Wildman–Crippen LogP) is 3.63. The molecule has 3 aromatic rings. The average molecular weight is 363 g/mol. The number of nitrogens with one attached hydrogen (secondary N) is 2. The van der Waals surface area contributed by atoms with E-state index in [1.54, 1.807) is 0 Å². The summed E-state index contributed by atoms with van der Waals surface area (Å²) in [5.41, 5.74) is 9.64. The number of aromatic nitrogens is 3. The van der Waals surface area contributed by atoms with Crippen LogP contribution in [0.15, 0.2) is 48.5 Å². The molecule has 140 valence electrons. The molecular formula is C21H25N5O. The molecule has 1 amide bonds. The first-order valence-electron chi connectivity index (χ1n) is 9.15. The minimum atomic E-state index is -0.000927. The second kappa shape index (κ2) is 8.60. The Hall–Kier alpha value is -2.99. The molecule has 6 nitrogen and oxygen atoms in total. The van der Waals surface area contributed by atoms with Crippen molar-refractivity contribution in [3.63, 3.8) is 0 Å². The Morgan fingerprint density at radius 2 is 1.81 bits per heavy atom. The fourth-order valence-electron chi connectivity index (χ4n) is 2.77. The lowest BCUT2D eigenvalue weighted by molar-refractivity contribution is -0.116. The van der Waals surface area contributed by atoms with Crippen molar-refractivity contribution in [3.05, 3.63) is 65.5 Å². The summed E-state index contributed by atoms with van der Waals surface area (Å²) in [7, 11) is 0. The highest BCUT2D eigenvalue weighted by Gasteiger charge is 2.07. The van der Waals surface area contributed by atoms with E-state index in [9.17, 15) is 4.79 Å². The van der Waals surface area contributed by atoms with E-state index < -0.39 is 0 Å². The summed E-state index contributed by atoms with van der Waals surface area (Å²) in [5, 5.41) is 9.84. The van der Waals surface area contributed by atoms with Crippen LogP contribution < -0.4 is 11.1 Å². The van der Waals surface area contributed by atoms with Gasteiger partial charge in [-0.05, 0) is 47.7 Å². The van der Waals surface area contributed by atoms with Gasteiger partial charge in [0.25, 0.3) is 0 Å². The third-order valence-electron chi connectivity index (χ3n) is 4.44. The fraction of sp³-hybridized carbons (Fsp3) is 0.286. The second-order valence-corrected chi connectivity index (χ2v) is 6.83. The van der Waals surface area contributed by atoms with Crippen LogP contribution in [0.4, 0.5) is 5.69 Å². The Morgan fingerprint density at radius 1 is 1.11 bits per heavy atom. The van der Waals surface area contributed by atoms with Crippen LogP contribution in [0.5, 0.6) is 0 Å². The van der Waals surface area contributed by atoms with Gasteiger partial charge in [-0.2, -0.15) is 5.10 Å².